The van der Waals surface area contributed by atoms with Crippen LogP contribution in [-0.4, -0.2) is 29.1 Å². The summed E-state index contributed by atoms with van der Waals surface area (Å²) in [7, 11) is 1.50. The summed E-state index contributed by atoms with van der Waals surface area (Å²) >= 11 is 1.20. The topological polar surface area (TPSA) is 88.5 Å². The van der Waals surface area contributed by atoms with E-state index >= 15 is 0 Å². The number of carboxylic acid groups (broad SMARTS) is 1. The fourth-order valence-electron chi connectivity index (χ4n) is 1.39. The Morgan fingerprint density at radius 2 is 2.26 bits per heavy atom. The summed E-state index contributed by atoms with van der Waals surface area (Å²) in [4.78, 5) is 27.2. The number of amides is 1. The van der Waals surface area contributed by atoms with Crippen molar-refractivity contribution in [3.05, 3.63) is 40.2 Å². The molecule has 2 aromatic heterocycles. The lowest BCUT2D eigenvalue weighted by atomic mass is 10.2. The fourth-order valence-corrected chi connectivity index (χ4v) is 2.14. The van der Waals surface area contributed by atoms with Crippen molar-refractivity contribution in [1.82, 2.24) is 4.98 Å². The fraction of sp³-hybridized carbons (Fsp3) is 0.0833. The van der Waals surface area contributed by atoms with Gasteiger partial charge in [-0.25, -0.2) is 9.78 Å². The van der Waals surface area contributed by atoms with E-state index in [1.54, 1.807) is 11.4 Å². The Kier molecular flexibility index (Phi) is 3.76. The van der Waals surface area contributed by atoms with Crippen LogP contribution in [0.25, 0.3) is 0 Å². The molecule has 2 aromatic rings. The largest absolute Gasteiger partial charge is 0.496 e. The average molecular weight is 278 g/mol. The third-order valence-electron chi connectivity index (χ3n) is 2.30. The predicted octanol–water partition coefficient (Wildman–Crippen LogP) is 2.10. The van der Waals surface area contributed by atoms with E-state index in [-0.39, 0.29) is 11.4 Å². The number of carbonyl (C=O) groups is 2. The molecule has 0 aliphatic rings. The first kappa shape index (κ1) is 13.0. The number of aromatic carboxylic acids is 1. The Morgan fingerprint density at radius 1 is 1.47 bits per heavy atom. The second-order valence-corrected chi connectivity index (χ2v) is 4.42. The number of carbonyl (C=O) groups excluding carboxylic acids is 1. The summed E-state index contributed by atoms with van der Waals surface area (Å²) < 4.78 is 4.98. The van der Waals surface area contributed by atoms with Crippen LogP contribution in [0.2, 0.25) is 0 Å². The van der Waals surface area contributed by atoms with Crippen LogP contribution < -0.4 is 10.1 Å². The lowest BCUT2D eigenvalue weighted by Crippen LogP contribution is -2.14. The normalized spacial score (nSPS) is 9.95. The van der Waals surface area contributed by atoms with Crippen LogP contribution in [0.5, 0.6) is 5.75 Å². The molecule has 0 saturated carbocycles. The number of pyridine rings is 1. The summed E-state index contributed by atoms with van der Waals surface area (Å²) in [6.07, 6.45) is 1.41. The van der Waals surface area contributed by atoms with Gasteiger partial charge in [0.25, 0.3) is 5.91 Å². The molecular formula is C12H10N2O4S. The van der Waals surface area contributed by atoms with Gasteiger partial charge in [0, 0.05) is 17.6 Å². The molecule has 2 rings (SSSR count). The standard InChI is InChI=1S/C12H10N2O4S/c1-18-7-5-9(19-6-7)11(15)14-10-8(12(16)17)3-2-4-13-10/h2-6H,1H3,(H,16,17)(H,13,14,15). The Bertz CT molecular complexity index is 624. The number of nitrogens with one attached hydrogen (secondary N) is 1. The third kappa shape index (κ3) is 2.89. The smallest absolute Gasteiger partial charge is 0.339 e. The van der Waals surface area contributed by atoms with E-state index in [0.29, 0.717) is 10.6 Å². The van der Waals surface area contributed by atoms with Gasteiger partial charge in [0.05, 0.1) is 12.0 Å². The minimum atomic E-state index is -1.15. The summed E-state index contributed by atoms with van der Waals surface area (Å²) in [5, 5.41) is 13.1. The summed E-state index contributed by atoms with van der Waals surface area (Å²) in [5.74, 6) is -0.969. The van der Waals surface area contributed by atoms with Crippen LogP contribution in [-0.2, 0) is 0 Å². The Labute approximate surface area is 112 Å². The van der Waals surface area contributed by atoms with Gasteiger partial charge in [-0.2, -0.15) is 0 Å². The van der Waals surface area contributed by atoms with Crippen molar-refractivity contribution in [2.45, 2.75) is 0 Å². The summed E-state index contributed by atoms with van der Waals surface area (Å²) in [6, 6.07) is 4.44. The van der Waals surface area contributed by atoms with Gasteiger partial charge in [0.15, 0.2) is 0 Å². The number of hydrogen-bond donors (Lipinski definition) is 2. The minimum absolute atomic E-state index is 0.0207. The highest BCUT2D eigenvalue weighted by Crippen LogP contribution is 2.22. The van der Waals surface area contributed by atoms with Crippen LogP contribution in [0.15, 0.2) is 29.8 Å². The summed E-state index contributed by atoms with van der Waals surface area (Å²) in [5.41, 5.74) is -0.0561. The van der Waals surface area contributed by atoms with Gasteiger partial charge in [-0.3, -0.25) is 4.79 Å². The number of nitrogens with zero attached hydrogens (tertiary/aromatic N) is 1. The van der Waals surface area contributed by atoms with Gasteiger partial charge >= 0.3 is 5.97 Å². The van der Waals surface area contributed by atoms with Gasteiger partial charge in [-0.15, -0.1) is 11.3 Å². The molecule has 0 saturated heterocycles. The van der Waals surface area contributed by atoms with Crippen molar-refractivity contribution in [2.24, 2.45) is 0 Å². The third-order valence-corrected chi connectivity index (χ3v) is 3.21. The Morgan fingerprint density at radius 3 is 2.89 bits per heavy atom. The van der Waals surface area contributed by atoms with E-state index in [1.165, 1.54) is 36.8 Å². The van der Waals surface area contributed by atoms with Gasteiger partial charge in [0.2, 0.25) is 0 Å². The predicted molar refractivity (Wildman–Crippen MR) is 70.0 cm³/mol. The summed E-state index contributed by atoms with van der Waals surface area (Å²) in [6.45, 7) is 0. The first-order valence-corrected chi connectivity index (χ1v) is 6.12. The number of rotatable bonds is 4. The molecule has 2 heterocycles. The first-order chi connectivity index (χ1) is 9.11. The lowest BCUT2D eigenvalue weighted by Gasteiger charge is -2.05. The van der Waals surface area contributed by atoms with Gasteiger partial charge in [0.1, 0.15) is 17.1 Å². The maximum absolute atomic E-state index is 11.9. The van der Waals surface area contributed by atoms with Crippen molar-refractivity contribution in [3.63, 3.8) is 0 Å². The number of thiophene rings is 1. The minimum Gasteiger partial charge on any atom is -0.496 e. The zero-order valence-corrected chi connectivity index (χ0v) is 10.7. The van der Waals surface area contributed by atoms with E-state index in [9.17, 15) is 9.59 Å². The lowest BCUT2D eigenvalue weighted by molar-refractivity contribution is 0.0697. The Hall–Kier alpha value is -2.41. The molecule has 19 heavy (non-hydrogen) atoms. The molecule has 0 bridgehead atoms. The number of carboxylic acids is 1. The zero-order valence-electron chi connectivity index (χ0n) is 9.91. The number of anilines is 1. The molecule has 0 aromatic carbocycles. The quantitative estimate of drug-likeness (QED) is 0.894. The maximum Gasteiger partial charge on any atom is 0.339 e. The van der Waals surface area contributed by atoms with E-state index in [1.807, 2.05) is 0 Å². The molecule has 98 valence electrons. The molecule has 2 N–H and O–H groups in total. The van der Waals surface area contributed by atoms with E-state index < -0.39 is 11.9 Å². The molecule has 1 amide bonds. The van der Waals surface area contributed by atoms with E-state index in [2.05, 4.69) is 10.3 Å². The van der Waals surface area contributed by atoms with Crippen LogP contribution in [0.1, 0.15) is 20.0 Å². The SMILES string of the molecule is COc1csc(C(=O)Nc2ncccc2C(=O)O)c1. The molecule has 0 fully saturated rings. The highest BCUT2D eigenvalue weighted by Gasteiger charge is 2.15. The van der Waals surface area contributed by atoms with Crippen molar-refractivity contribution < 1.29 is 19.4 Å². The van der Waals surface area contributed by atoms with Crippen molar-refractivity contribution in [3.8, 4) is 5.75 Å². The molecule has 0 spiro atoms. The molecule has 0 atom stereocenters. The van der Waals surface area contributed by atoms with Crippen LogP contribution in [0, 0.1) is 0 Å². The van der Waals surface area contributed by atoms with Gasteiger partial charge in [-0.05, 0) is 12.1 Å². The molecule has 0 aliphatic heterocycles. The zero-order chi connectivity index (χ0) is 13.8. The molecule has 6 nitrogen and oxygen atoms in total. The number of ether oxygens (including phenoxy) is 1. The molecule has 0 unspecified atom stereocenters. The van der Waals surface area contributed by atoms with Crippen LogP contribution in [0.3, 0.4) is 0 Å². The van der Waals surface area contributed by atoms with Gasteiger partial charge < -0.3 is 15.2 Å². The molecule has 0 radical (unpaired) electrons. The van der Waals surface area contributed by atoms with Crippen molar-refractivity contribution >= 4 is 29.0 Å². The number of methoxy groups -OCH3 is 1. The number of hydrogen-bond acceptors (Lipinski definition) is 5. The van der Waals surface area contributed by atoms with Crippen molar-refractivity contribution in [1.29, 1.82) is 0 Å². The van der Waals surface area contributed by atoms with E-state index in [0.717, 1.165) is 0 Å². The highest BCUT2D eigenvalue weighted by molar-refractivity contribution is 7.12. The maximum atomic E-state index is 11.9. The highest BCUT2D eigenvalue weighted by atomic mass is 32.1. The molecular weight excluding hydrogens is 268 g/mol. The number of aromatic nitrogens is 1. The first-order valence-electron chi connectivity index (χ1n) is 5.24. The van der Waals surface area contributed by atoms with E-state index in [4.69, 9.17) is 9.84 Å². The van der Waals surface area contributed by atoms with Gasteiger partial charge in [-0.1, -0.05) is 0 Å². The molecule has 0 aliphatic carbocycles. The van der Waals surface area contributed by atoms with Crippen LogP contribution >= 0.6 is 11.3 Å². The monoisotopic (exact) mass is 278 g/mol. The second-order valence-electron chi connectivity index (χ2n) is 3.51. The average Bonchev–Trinajstić information content (AvgIpc) is 2.88. The molecule has 7 heteroatoms. The Balaban J connectivity index is 2.21. The van der Waals surface area contributed by atoms with Crippen molar-refractivity contribution in [2.75, 3.05) is 12.4 Å². The second kappa shape index (κ2) is 5.49. The van der Waals surface area contributed by atoms with Crippen LogP contribution in [0.4, 0.5) is 5.82 Å².